The first-order chi connectivity index (χ1) is 7.60. The van der Waals surface area contributed by atoms with E-state index in [1.54, 1.807) is 0 Å². The maximum absolute atomic E-state index is 5.42. The van der Waals surface area contributed by atoms with E-state index in [1.807, 2.05) is 13.8 Å². The van der Waals surface area contributed by atoms with Crippen molar-refractivity contribution >= 4 is 11.6 Å². The molecule has 5 nitrogen and oxygen atoms in total. The second kappa shape index (κ2) is 4.25. The van der Waals surface area contributed by atoms with Gasteiger partial charge in [0.05, 0.1) is 0 Å². The van der Waals surface area contributed by atoms with Gasteiger partial charge in [-0.2, -0.15) is 0 Å². The van der Waals surface area contributed by atoms with E-state index in [2.05, 4.69) is 27.6 Å². The predicted molar refractivity (Wildman–Crippen MR) is 65.1 cm³/mol. The lowest BCUT2D eigenvalue weighted by molar-refractivity contribution is 0.308. The zero-order chi connectivity index (χ0) is 11.7. The van der Waals surface area contributed by atoms with E-state index >= 15 is 0 Å². The van der Waals surface area contributed by atoms with Gasteiger partial charge in [-0.15, -0.1) is 0 Å². The van der Waals surface area contributed by atoms with Crippen molar-refractivity contribution < 1.29 is 0 Å². The van der Waals surface area contributed by atoms with Gasteiger partial charge in [0.1, 0.15) is 17.5 Å². The van der Waals surface area contributed by atoms with Gasteiger partial charge >= 0.3 is 0 Å². The third kappa shape index (κ3) is 2.09. The molecule has 0 saturated heterocycles. The number of nitrogens with two attached hydrogens (primary N) is 1. The SMILES string of the molecule is Cc1nc(NN)c(C)c(NC2CC(C)C2)n1. The van der Waals surface area contributed by atoms with Gasteiger partial charge in [0.25, 0.3) is 0 Å². The molecule has 0 radical (unpaired) electrons. The molecule has 0 unspecified atom stereocenters. The van der Waals surface area contributed by atoms with Crippen LogP contribution in [0.15, 0.2) is 0 Å². The zero-order valence-corrected chi connectivity index (χ0v) is 10.0. The van der Waals surface area contributed by atoms with E-state index in [9.17, 15) is 0 Å². The molecule has 0 aromatic carbocycles. The highest BCUT2D eigenvalue weighted by Crippen LogP contribution is 2.30. The molecule has 5 heteroatoms. The van der Waals surface area contributed by atoms with Gasteiger partial charge in [-0.25, -0.2) is 15.8 Å². The van der Waals surface area contributed by atoms with Crippen molar-refractivity contribution in [1.82, 2.24) is 9.97 Å². The van der Waals surface area contributed by atoms with Crippen molar-refractivity contribution in [2.24, 2.45) is 11.8 Å². The molecule has 0 atom stereocenters. The van der Waals surface area contributed by atoms with Gasteiger partial charge in [-0.05, 0) is 32.6 Å². The molecular weight excluding hydrogens is 202 g/mol. The lowest BCUT2D eigenvalue weighted by Gasteiger charge is -2.34. The molecule has 1 aliphatic rings. The van der Waals surface area contributed by atoms with Crippen LogP contribution >= 0.6 is 0 Å². The van der Waals surface area contributed by atoms with Crippen LogP contribution in [0.1, 0.15) is 31.2 Å². The highest BCUT2D eigenvalue weighted by Gasteiger charge is 2.26. The number of rotatable bonds is 3. The molecule has 0 amide bonds. The Morgan fingerprint density at radius 1 is 1.19 bits per heavy atom. The average Bonchev–Trinajstić information content (AvgIpc) is 2.20. The monoisotopic (exact) mass is 221 g/mol. The molecule has 1 saturated carbocycles. The number of anilines is 2. The predicted octanol–water partition coefficient (Wildman–Crippen LogP) is 1.59. The number of aryl methyl sites for hydroxylation is 1. The Kier molecular flexibility index (Phi) is 2.96. The first kappa shape index (κ1) is 11.1. The standard InChI is InChI=1S/C11H19N5/c1-6-4-9(5-6)15-10-7(2)11(16-12)14-8(3)13-10/h6,9H,4-5,12H2,1-3H3,(H2,13,14,15,16). The third-order valence-electron chi connectivity index (χ3n) is 3.11. The van der Waals surface area contributed by atoms with Crippen LogP contribution in [0.25, 0.3) is 0 Å². The molecule has 0 aliphatic heterocycles. The second-order valence-corrected chi connectivity index (χ2v) is 4.66. The smallest absolute Gasteiger partial charge is 0.148 e. The van der Waals surface area contributed by atoms with Crippen molar-refractivity contribution in [1.29, 1.82) is 0 Å². The molecule has 1 fully saturated rings. The normalized spacial score (nSPS) is 23.8. The summed E-state index contributed by atoms with van der Waals surface area (Å²) in [5.41, 5.74) is 3.58. The fourth-order valence-electron chi connectivity index (χ4n) is 2.12. The number of hydrazine groups is 1. The second-order valence-electron chi connectivity index (χ2n) is 4.66. The van der Waals surface area contributed by atoms with Crippen LogP contribution in [-0.2, 0) is 0 Å². The van der Waals surface area contributed by atoms with Gasteiger partial charge in [0.2, 0.25) is 0 Å². The summed E-state index contributed by atoms with van der Waals surface area (Å²) in [4.78, 5) is 8.64. The lowest BCUT2D eigenvalue weighted by atomic mass is 9.82. The Balaban J connectivity index is 2.16. The molecule has 1 heterocycles. The highest BCUT2D eigenvalue weighted by atomic mass is 15.3. The average molecular weight is 221 g/mol. The number of hydrogen-bond donors (Lipinski definition) is 3. The summed E-state index contributed by atoms with van der Waals surface area (Å²) in [6, 6.07) is 0.550. The number of nitrogens with one attached hydrogen (secondary N) is 2. The first-order valence-electron chi connectivity index (χ1n) is 5.68. The first-order valence-corrected chi connectivity index (χ1v) is 5.68. The molecule has 0 bridgehead atoms. The minimum Gasteiger partial charge on any atom is -0.367 e. The minimum atomic E-state index is 0.550. The summed E-state index contributed by atoms with van der Waals surface area (Å²) in [7, 11) is 0. The maximum Gasteiger partial charge on any atom is 0.148 e. The summed E-state index contributed by atoms with van der Waals surface area (Å²) in [5, 5.41) is 3.45. The van der Waals surface area contributed by atoms with Gasteiger partial charge < -0.3 is 10.7 Å². The minimum absolute atomic E-state index is 0.550. The van der Waals surface area contributed by atoms with Gasteiger partial charge in [-0.1, -0.05) is 6.92 Å². The number of hydrogen-bond acceptors (Lipinski definition) is 5. The van der Waals surface area contributed by atoms with E-state index in [-0.39, 0.29) is 0 Å². The quantitative estimate of drug-likeness (QED) is 0.534. The lowest BCUT2D eigenvalue weighted by Crippen LogP contribution is -2.34. The Morgan fingerprint density at radius 2 is 1.81 bits per heavy atom. The topological polar surface area (TPSA) is 75.9 Å². The van der Waals surface area contributed by atoms with Crippen molar-refractivity contribution in [2.75, 3.05) is 10.7 Å². The molecule has 4 N–H and O–H groups in total. The van der Waals surface area contributed by atoms with Crippen LogP contribution in [0.3, 0.4) is 0 Å². The Hall–Kier alpha value is -1.36. The zero-order valence-electron chi connectivity index (χ0n) is 10.0. The Labute approximate surface area is 95.8 Å². The van der Waals surface area contributed by atoms with Gasteiger partial charge in [0.15, 0.2) is 0 Å². The maximum atomic E-state index is 5.42. The van der Waals surface area contributed by atoms with Crippen molar-refractivity contribution in [3.63, 3.8) is 0 Å². The van der Waals surface area contributed by atoms with Crippen LogP contribution in [0.5, 0.6) is 0 Å². The Morgan fingerprint density at radius 3 is 2.38 bits per heavy atom. The summed E-state index contributed by atoms with van der Waals surface area (Å²) in [6.45, 7) is 6.11. The number of nitrogen functional groups attached to an aromatic ring is 1. The van der Waals surface area contributed by atoms with E-state index in [0.29, 0.717) is 11.9 Å². The number of nitrogens with zero attached hydrogens (tertiary/aromatic N) is 2. The van der Waals surface area contributed by atoms with E-state index < -0.39 is 0 Å². The van der Waals surface area contributed by atoms with E-state index in [0.717, 1.165) is 23.1 Å². The molecule has 88 valence electrons. The molecule has 0 spiro atoms. The summed E-state index contributed by atoms with van der Waals surface area (Å²) < 4.78 is 0. The summed E-state index contributed by atoms with van der Waals surface area (Å²) >= 11 is 0. The van der Waals surface area contributed by atoms with E-state index in [4.69, 9.17) is 5.84 Å². The molecule has 16 heavy (non-hydrogen) atoms. The highest BCUT2D eigenvalue weighted by molar-refractivity contribution is 5.57. The van der Waals surface area contributed by atoms with Crippen molar-refractivity contribution in [2.45, 2.75) is 39.7 Å². The molecule has 1 aromatic rings. The van der Waals surface area contributed by atoms with Crippen LogP contribution in [0.4, 0.5) is 11.6 Å². The fraction of sp³-hybridized carbons (Fsp3) is 0.636. The van der Waals surface area contributed by atoms with Crippen LogP contribution in [-0.4, -0.2) is 16.0 Å². The third-order valence-corrected chi connectivity index (χ3v) is 3.11. The molecule has 1 aromatic heterocycles. The number of aromatic nitrogens is 2. The largest absolute Gasteiger partial charge is 0.367 e. The molecular formula is C11H19N5. The Bertz CT molecular complexity index is 384. The van der Waals surface area contributed by atoms with Gasteiger partial charge in [0, 0.05) is 11.6 Å². The van der Waals surface area contributed by atoms with Crippen LogP contribution < -0.4 is 16.6 Å². The van der Waals surface area contributed by atoms with E-state index in [1.165, 1.54) is 12.8 Å². The van der Waals surface area contributed by atoms with Crippen LogP contribution in [0, 0.1) is 19.8 Å². The molecule has 2 rings (SSSR count). The van der Waals surface area contributed by atoms with Crippen LogP contribution in [0.2, 0.25) is 0 Å². The van der Waals surface area contributed by atoms with Crippen molar-refractivity contribution in [3.8, 4) is 0 Å². The molecule has 1 aliphatic carbocycles. The summed E-state index contributed by atoms with van der Waals surface area (Å²) in [6.07, 6.45) is 2.43. The van der Waals surface area contributed by atoms with Gasteiger partial charge in [-0.3, -0.25) is 0 Å². The summed E-state index contributed by atoms with van der Waals surface area (Å²) in [5.74, 6) is 8.57. The van der Waals surface area contributed by atoms with Crippen molar-refractivity contribution in [3.05, 3.63) is 11.4 Å². The fourth-order valence-corrected chi connectivity index (χ4v) is 2.12.